The maximum Gasteiger partial charge on any atom is 0.226 e. The Balaban J connectivity index is 1.66. The van der Waals surface area contributed by atoms with Gasteiger partial charge in [0.15, 0.2) is 0 Å². The Kier molecular flexibility index (Phi) is 4.33. The van der Waals surface area contributed by atoms with E-state index in [4.69, 9.17) is 28.9 Å². The standard InChI is InChI=1S/C16H18Cl2N2O2/c17-10-3-4-11(14(18)6-10)12-7-13(12)16(22)20-5-1-2-9(8-20)15(19)21/h3-4,6,9,12-13H,1-2,5,7-8H2,(H2,19,21)/t9-,12+,13+/m1/s1. The smallest absolute Gasteiger partial charge is 0.226 e. The molecule has 2 N–H and O–H groups in total. The Hall–Kier alpha value is -1.26. The molecule has 1 aromatic carbocycles. The second-order valence-corrected chi connectivity index (χ2v) is 6.98. The number of halogens is 2. The largest absolute Gasteiger partial charge is 0.369 e. The number of piperidine rings is 1. The first-order valence-corrected chi connectivity index (χ1v) is 8.26. The molecule has 118 valence electrons. The van der Waals surface area contributed by atoms with Crippen molar-refractivity contribution < 1.29 is 9.59 Å². The van der Waals surface area contributed by atoms with Crippen LogP contribution in [0.15, 0.2) is 18.2 Å². The number of carbonyl (C=O) groups excluding carboxylic acids is 2. The molecule has 1 aromatic rings. The molecule has 1 aliphatic heterocycles. The van der Waals surface area contributed by atoms with Crippen molar-refractivity contribution >= 4 is 35.0 Å². The summed E-state index contributed by atoms with van der Waals surface area (Å²) in [5, 5.41) is 1.21. The van der Waals surface area contributed by atoms with E-state index in [2.05, 4.69) is 0 Å². The Morgan fingerprint density at radius 2 is 2.05 bits per heavy atom. The topological polar surface area (TPSA) is 63.4 Å². The monoisotopic (exact) mass is 340 g/mol. The second kappa shape index (κ2) is 6.09. The maximum atomic E-state index is 12.6. The summed E-state index contributed by atoms with van der Waals surface area (Å²) in [7, 11) is 0. The number of nitrogens with zero attached hydrogens (tertiary/aromatic N) is 1. The fourth-order valence-corrected chi connectivity index (χ4v) is 3.81. The average molecular weight is 341 g/mol. The first-order chi connectivity index (χ1) is 10.5. The zero-order valence-corrected chi connectivity index (χ0v) is 13.6. The number of nitrogens with two attached hydrogens (primary N) is 1. The molecule has 0 spiro atoms. The van der Waals surface area contributed by atoms with Crippen molar-refractivity contribution in [2.24, 2.45) is 17.6 Å². The molecule has 0 unspecified atom stereocenters. The van der Waals surface area contributed by atoms with Crippen molar-refractivity contribution in [2.45, 2.75) is 25.2 Å². The molecule has 2 fully saturated rings. The van der Waals surface area contributed by atoms with Crippen molar-refractivity contribution in [3.05, 3.63) is 33.8 Å². The molecule has 3 rings (SSSR count). The van der Waals surface area contributed by atoms with Gasteiger partial charge in [-0.1, -0.05) is 29.3 Å². The highest BCUT2D eigenvalue weighted by Crippen LogP contribution is 2.51. The van der Waals surface area contributed by atoms with Crippen molar-refractivity contribution in [3.8, 4) is 0 Å². The lowest BCUT2D eigenvalue weighted by Gasteiger charge is -2.31. The lowest BCUT2D eigenvalue weighted by Crippen LogP contribution is -2.44. The molecule has 1 heterocycles. The first kappa shape index (κ1) is 15.6. The van der Waals surface area contributed by atoms with Gasteiger partial charge in [-0.25, -0.2) is 0 Å². The lowest BCUT2D eigenvalue weighted by molar-refractivity contribution is -0.136. The molecule has 6 heteroatoms. The second-order valence-electron chi connectivity index (χ2n) is 6.14. The Morgan fingerprint density at radius 3 is 2.73 bits per heavy atom. The predicted molar refractivity (Wildman–Crippen MR) is 85.8 cm³/mol. The molecular formula is C16H18Cl2N2O2. The van der Waals surface area contributed by atoms with Crippen LogP contribution in [0.25, 0.3) is 0 Å². The van der Waals surface area contributed by atoms with Gasteiger partial charge in [-0.3, -0.25) is 9.59 Å². The third-order valence-electron chi connectivity index (χ3n) is 4.61. The summed E-state index contributed by atoms with van der Waals surface area (Å²) in [6.07, 6.45) is 2.41. The summed E-state index contributed by atoms with van der Waals surface area (Å²) >= 11 is 12.1. The van der Waals surface area contributed by atoms with Gasteiger partial charge in [0.1, 0.15) is 0 Å². The van der Waals surface area contributed by atoms with Gasteiger partial charge < -0.3 is 10.6 Å². The highest BCUT2D eigenvalue weighted by Gasteiger charge is 2.47. The molecule has 22 heavy (non-hydrogen) atoms. The molecule has 2 aliphatic rings. The molecule has 1 saturated carbocycles. The average Bonchev–Trinajstić information content (AvgIpc) is 3.27. The molecule has 4 nitrogen and oxygen atoms in total. The van der Waals surface area contributed by atoms with E-state index >= 15 is 0 Å². The van der Waals surface area contributed by atoms with Crippen molar-refractivity contribution in [1.82, 2.24) is 4.90 Å². The van der Waals surface area contributed by atoms with Gasteiger partial charge in [0, 0.05) is 29.1 Å². The van der Waals surface area contributed by atoms with Crippen molar-refractivity contribution in [1.29, 1.82) is 0 Å². The zero-order chi connectivity index (χ0) is 15.9. The number of primary amides is 1. The van der Waals surface area contributed by atoms with Crippen molar-refractivity contribution in [2.75, 3.05) is 13.1 Å². The number of hydrogen-bond acceptors (Lipinski definition) is 2. The van der Waals surface area contributed by atoms with Crippen LogP contribution in [0.4, 0.5) is 0 Å². The quantitative estimate of drug-likeness (QED) is 0.919. The highest BCUT2D eigenvalue weighted by atomic mass is 35.5. The van der Waals surface area contributed by atoms with E-state index in [1.54, 1.807) is 17.0 Å². The van der Waals surface area contributed by atoms with E-state index < -0.39 is 0 Å². The van der Waals surface area contributed by atoms with Crippen LogP contribution in [0.1, 0.15) is 30.7 Å². The summed E-state index contributed by atoms with van der Waals surface area (Å²) in [5.74, 6) is -0.293. The summed E-state index contributed by atoms with van der Waals surface area (Å²) in [6, 6.07) is 5.40. The van der Waals surface area contributed by atoms with Crippen LogP contribution in [-0.2, 0) is 9.59 Å². The number of benzene rings is 1. The van der Waals surface area contributed by atoms with Crippen LogP contribution in [0, 0.1) is 11.8 Å². The van der Waals surface area contributed by atoms with E-state index in [0.29, 0.717) is 23.1 Å². The number of likely N-dealkylation sites (tertiary alicyclic amines) is 1. The Morgan fingerprint density at radius 1 is 1.27 bits per heavy atom. The minimum atomic E-state index is -0.314. The zero-order valence-electron chi connectivity index (χ0n) is 12.1. The van der Waals surface area contributed by atoms with Gasteiger partial charge in [-0.2, -0.15) is 0 Å². The summed E-state index contributed by atoms with van der Waals surface area (Å²) in [4.78, 5) is 25.7. The molecular weight excluding hydrogens is 323 g/mol. The van der Waals surface area contributed by atoms with Crippen LogP contribution in [0.3, 0.4) is 0 Å². The SMILES string of the molecule is NC(=O)[C@@H]1CCCN(C(=O)[C@H]2C[C@H]2c2ccc(Cl)cc2Cl)C1. The summed E-state index contributed by atoms with van der Waals surface area (Å²) in [6.45, 7) is 1.16. The van der Waals surface area contributed by atoms with E-state index in [1.807, 2.05) is 6.07 Å². The van der Waals surface area contributed by atoms with Gasteiger partial charge in [0.2, 0.25) is 11.8 Å². The van der Waals surface area contributed by atoms with Gasteiger partial charge in [-0.15, -0.1) is 0 Å². The van der Waals surface area contributed by atoms with Crippen LogP contribution in [-0.4, -0.2) is 29.8 Å². The van der Waals surface area contributed by atoms with Crippen molar-refractivity contribution in [3.63, 3.8) is 0 Å². The van der Waals surface area contributed by atoms with E-state index in [-0.39, 0.29) is 29.6 Å². The summed E-state index contributed by atoms with van der Waals surface area (Å²) < 4.78 is 0. The van der Waals surface area contributed by atoms with Crippen LogP contribution < -0.4 is 5.73 Å². The van der Waals surface area contributed by atoms with E-state index in [9.17, 15) is 9.59 Å². The van der Waals surface area contributed by atoms with Gasteiger partial charge >= 0.3 is 0 Å². The molecule has 2 amide bonds. The molecule has 0 bridgehead atoms. The molecule has 1 saturated heterocycles. The van der Waals surface area contributed by atoms with Crippen LogP contribution in [0.5, 0.6) is 0 Å². The van der Waals surface area contributed by atoms with Gasteiger partial charge in [0.25, 0.3) is 0 Å². The maximum absolute atomic E-state index is 12.6. The lowest BCUT2D eigenvalue weighted by atomic mass is 9.97. The number of carbonyl (C=O) groups is 2. The Labute approximate surface area is 139 Å². The molecule has 3 atom stereocenters. The fraction of sp³-hybridized carbons (Fsp3) is 0.500. The van der Waals surface area contributed by atoms with E-state index in [0.717, 1.165) is 24.8 Å². The number of amides is 2. The number of hydrogen-bond donors (Lipinski definition) is 1. The molecule has 1 aliphatic carbocycles. The fourth-order valence-electron chi connectivity index (χ4n) is 3.26. The number of rotatable bonds is 3. The minimum Gasteiger partial charge on any atom is -0.369 e. The van der Waals surface area contributed by atoms with Crippen LogP contribution >= 0.6 is 23.2 Å². The van der Waals surface area contributed by atoms with Gasteiger partial charge in [-0.05, 0) is 42.9 Å². The molecule has 0 aromatic heterocycles. The van der Waals surface area contributed by atoms with E-state index in [1.165, 1.54) is 0 Å². The highest BCUT2D eigenvalue weighted by molar-refractivity contribution is 6.35. The van der Waals surface area contributed by atoms with Crippen LogP contribution in [0.2, 0.25) is 10.0 Å². The minimum absolute atomic E-state index is 0.0368. The third-order valence-corrected chi connectivity index (χ3v) is 5.17. The summed E-state index contributed by atoms with van der Waals surface area (Å²) in [5.41, 5.74) is 6.35. The van der Waals surface area contributed by atoms with Gasteiger partial charge in [0.05, 0.1) is 5.92 Å². The molecule has 0 radical (unpaired) electrons. The normalized spacial score (nSPS) is 27.5. The predicted octanol–water partition coefficient (Wildman–Crippen LogP) is 2.82. The Bertz CT molecular complexity index is 620. The first-order valence-electron chi connectivity index (χ1n) is 7.50. The third kappa shape index (κ3) is 3.08.